The number of aromatic nitrogens is 6. The van der Waals surface area contributed by atoms with Crippen molar-refractivity contribution in [3.05, 3.63) is 92.9 Å². The van der Waals surface area contributed by atoms with E-state index in [2.05, 4.69) is 20.2 Å². The zero-order chi connectivity index (χ0) is 31.2. The van der Waals surface area contributed by atoms with Crippen molar-refractivity contribution in [2.75, 3.05) is 0 Å². The molecule has 2 heterocycles. The average Bonchev–Trinajstić information content (AvgIpc) is 3.62. The molecule has 4 rings (SSSR count). The molecule has 8 nitrogen and oxygen atoms in total. The van der Waals surface area contributed by atoms with Gasteiger partial charge >= 0.3 is 0 Å². The predicted molar refractivity (Wildman–Crippen MR) is 172 cm³/mol. The minimum atomic E-state index is -0.731. The van der Waals surface area contributed by atoms with Gasteiger partial charge in [0.25, 0.3) is 0 Å². The minimum Gasteiger partial charge on any atom is -0.386 e. The molecule has 0 aliphatic rings. The zero-order valence-electron chi connectivity index (χ0n) is 24.2. The van der Waals surface area contributed by atoms with Gasteiger partial charge in [-0.1, -0.05) is 100 Å². The first kappa shape index (κ1) is 33.8. The summed E-state index contributed by atoms with van der Waals surface area (Å²) in [6.45, 7) is 11.7. The summed E-state index contributed by atoms with van der Waals surface area (Å²) in [6, 6.07) is 10.4. The summed E-state index contributed by atoms with van der Waals surface area (Å²) < 4.78 is 3.09. The lowest BCUT2D eigenvalue weighted by Gasteiger charge is -2.28. The lowest BCUT2D eigenvalue weighted by molar-refractivity contribution is 0.109. The summed E-state index contributed by atoms with van der Waals surface area (Å²) in [5, 5.41) is 31.6. The summed E-state index contributed by atoms with van der Waals surface area (Å²) in [5.41, 5.74) is 2.02. The highest BCUT2D eigenvalue weighted by Crippen LogP contribution is 2.32. The number of rotatable bonds is 6. The van der Waals surface area contributed by atoms with Gasteiger partial charge in [-0.3, -0.25) is 0 Å². The maximum Gasteiger partial charge on any atom is 0.138 e. The van der Waals surface area contributed by atoms with Gasteiger partial charge in [0, 0.05) is 20.1 Å². The van der Waals surface area contributed by atoms with Crippen LogP contribution in [0, 0.1) is 10.8 Å². The standard InChI is InChI=1S/2C15H17Cl2N3O/c2*1-15(2,3)14(21)13(20-9-18-8-19-20)6-10-4-5-11(16)7-12(10)17/h2*4-9,14,21H,1-3H3/b2*13-6+/t14-;/m0./s1. The Morgan fingerprint density at radius 2 is 1.02 bits per heavy atom. The molecule has 0 aliphatic heterocycles. The number of hydrogen-bond donors (Lipinski definition) is 2. The third kappa shape index (κ3) is 9.14. The Kier molecular flexibility index (Phi) is 11.4. The molecular formula is C30H34Cl4N6O2. The fourth-order valence-corrected chi connectivity index (χ4v) is 4.59. The number of aliphatic hydroxyl groups is 2. The molecule has 0 amide bonds. The molecule has 12 heteroatoms. The fraction of sp³-hybridized carbons (Fsp3) is 0.333. The monoisotopic (exact) mass is 650 g/mol. The Morgan fingerprint density at radius 1 is 0.667 bits per heavy atom. The Balaban J connectivity index is 0.000000230. The van der Waals surface area contributed by atoms with E-state index >= 15 is 0 Å². The quantitative estimate of drug-likeness (QED) is 0.219. The number of benzene rings is 2. The van der Waals surface area contributed by atoms with Crippen LogP contribution in [0.4, 0.5) is 0 Å². The largest absolute Gasteiger partial charge is 0.386 e. The molecule has 1 unspecified atom stereocenters. The predicted octanol–water partition coefficient (Wildman–Crippen LogP) is 7.98. The van der Waals surface area contributed by atoms with Gasteiger partial charge in [-0.25, -0.2) is 19.3 Å². The smallest absolute Gasteiger partial charge is 0.138 e. The van der Waals surface area contributed by atoms with Crippen LogP contribution in [0.1, 0.15) is 52.7 Å². The second-order valence-electron chi connectivity index (χ2n) is 11.7. The van der Waals surface area contributed by atoms with Gasteiger partial charge in [-0.05, 0) is 58.4 Å². The van der Waals surface area contributed by atoms with Crippen LogP contribution in [0.3, 0.4) is 0 Å². The van der Waals surface area contributed by atoms with Crippen molar-refractivity contribution in [1.29, 1.82) is 0 Å². The SMILES string of the molecule is CC(C)(C)C(O)/C(=C\c1ccc(Cl)cc1Cl)n1cncn1.CC(C)(C)[C@@H](O)/C(=C\c1ccc(Cl)cc1Cl)n1cncn1. The van der Waals surface area contributed by atoms with Crippen LogP contribution in [0.15, 0.2) is 61.7 Å². The van der Waals surface area contributed by atoms with Crippen molar-refractivity contribution < 1.29 is 10.2 Å². The summed E-state index contributed by atoms with van der Waals surface area (Å²) in [6.07, 6.45) is 8.07. The second kappa shape index (κ2) is 14.2. The first-order valence-electron chi connectivity index (χ1n) is 13.0. The lowest BCUT2D eigenvalue weighted by atomic mass is 9.86. The topological polar surface area (TPSA) is 102 Å². The summed E-state index contributed by atoms with van der Waals surface area (Å²) in [4.78, 5) is 7.86. The Bertz CT molecular complexity index is 1410. The van der Waals surface area contributed by atoms with Crippen molar-refractivity contribution >= 4 is 69.9 Å². The van der Waals surface area contributed by atoms with Gasteiger partial charge in [0.1, 0.15) is 37.5 Å². The van der Waals surface area contributed by atoms with E-state index in [1.54, 1.807) is 70.6 Å². The third-order valence-electron chi connectivity index (χ3n) is 6.10. The third-order valence-corrected chi connectivity index (χ3v) is 7.22. The maximum absolute atomic E-state index is 10.6. The zero-order valence-corrected chi connectivity index (χ0v) is 27.2. The van der Waals surface area contributed by atoms with E-state index in [9.17, 15) is 10.2 Å². The van der Waals surface area contributed by atoms with Crippen LogP contribution in [-0.4, -0.2) is 51.9 Å². The summed E-state index contributed by atoms with van der Waals surface area (Å²) >= 11 is 24.2. The van der Waals surface area contributed by atoms with E-state index in [4.69, 9.17) is 46.4 Å². The Morgan fingerprint density at radius 3 is 1.29 bits per heavy atom. The fourth-order valence-electron chi connectivity index (χ4n) is 3.67. The van der Waals surface area contributed by atoms with Gasteiger partial charge in [0.15, 0.2) is 0 Å². The van der Waals surface area contributed by atoms with Crippen molar-refractivity contribution in [1.82, 2.24) is 29.5 Å². The van der Waals surface area contributed by atoms with Gasteiger partial charge in [0.2, 0.25) is 0 Å². The van der Waals surface area contributed by atoms with Crippen LogP contribution >= 0.6 is 46.4 Å². The van der Waals surface area contributed by atoms with E-state index in [-0.39, 0.29) is 10.8 Å². The Hall–Kier alpha value is -2.72. The molecular weight excluding hydrogens is 618 g/mol. The first-order valence-corrected chi connectivity index (χ1v) is 14.5. The molecule has 0 bridgehead atoms. The normalized spacial score (nSPS) is 14.3. The van der Waals surface area contributed by atoms with E-state index in [1.807, 2.05) is 41.5 Å². The Labute approximate surface area is 266 Å². The van der Waals surface area contributed by atoms with Gasteiger partial charge in [-0.15, -0.1) is 0 Å². The van der Waals surface area contributed by atoms with Crippen LogP contribution in [0.2, 0.25) is 20.1 Å². The molecule has 0 radical (unpaired) electrons. The van der Waals surface area contributed by atoms with Crippen molar-refractivity contribution in [2.24, 2.45) is 10.8 Å². The molecule has 2 atom stereocenters. The molecule has 0 aliphatic carbocycles. The molecule has 0 fully saturated rings. The number of hydrogen-bond acceptors (Lipinski definition) is 6. The molecule has 0 spiro atoms. The van der Waals surface area contributed by atoms with Crippen LogP contribution in [0.25, 0.3) is 23.5 Å². The highest BCUT2D eigenvalue weighted by Gasteiger charge is 2.28. The van der Waals surface area contributed by atoms with Crippen LogP contribution < -0.4 is 0 Å². The number of halogens is 4. The van der Waals surface area contributed by atoms with Crippen molar-refractivity contribution in [2.45, 2.75) is 53.8 Å². The molecule has 4 aromatic rings. The molecule has 0 saturated heterocycles. The van der Waals surface area contributed by atoms with Crippen LogP contribution in [-0.2, 0) is 0 Å². The molecule has 2 N–H and O–H groups in total. The molecule has 0 saturated carbocycles. The first-order chi connectivity index (χ1) is 19.6. The van der Waals surface area contributed by atoms with Gasteiger partial charge in [0.05, 0.1) is 11.4 Å². The maximum atomic E-state index is 10.6. The van der Waals surface area contributed by atoms with E-state index in [1.165, 1.54) is 12.7 Å². The van der Waals surface area contributed by atoms with E-state index in [0.29, 0.717) is 31.5 Å². The van der Waals surface area contributed by atoms with E-state index < -0.39 is 12.2 Å². The average molecular weight is 652 g/mol. The lowest BCUT2D eigenvalue weighted by Crippen LogP contribution is -2.29. The van der Waals surface area contributed by atoms with E-state index in [0.717, 1.165) is 11.1 Å². The minimum absolute atomic E-state index is 0.351. The van der Waals surface area contributed by atoms with Crippen molar-refractivity contribution in [3.63, 3.8) is 0 Å². The molecule has 2 aromatic carbocycles. The highest BCUT2D eigenvalue weighted by atomic mass is 35.5. The van der Waals surface area contributed by atoms with Gasteiger partial charge < -0.3 is 10.2 Å². The van der Waals surface area contributed by atoms with Crippen LogP contribution in [0.5, 0.6) is 0 Å². The molecule has 2 aromatic heterocycles. The highest BCUT2D eigenvalue weighted by molar-refractivity contribution is 6.36. The van der Waals surface area contributed by atoms with Gasteiger partial charge in [-0.2, -0.15) is 10.2 Å². The molecule has 42 heavy (non-hydrogen) atoms. The number of nitrogens with zero attached hydrogens (tertiary/aromatic N) is 6. The number of aliphatic hydroxyl groups excluding tert-OH is 2. The summed E-state index contributed by atoms with van der Waals surface area (Å²) in [7, 11) is 0. The molecule has 224 valence electrons. The van der Waals surface area contributed by atoms with Crippen molar-refractivity contribution in [3.8, 4) is 0 Å². The second-order valence-corrected chi connectivity index (χ2v) is 13.4. The summed E-state index contributed by atoms with van der Waals surface area (Å²) in [5.74, 6) is 0.